The second-order valence-electron chi connectivity index (χ2n) is 16.8. The van der Waals surface area contributed by atoms with Crippen LogP contribution in [0.1, 0.15) is 75.1 Å². The van der Waals surface area contributed by atoms with E-state index in [9.17, 15) is 33.3 Å². The highest BCUT2D eigenvalue weighted by Crippen LogP contribution is 2.36. The summed E-state index contributed by atoms with van der Waals surface area (Å²) in [6.07, 6.45) is 1.81. The molecule has 2 aliphatic heterocycles. The number of nitrogens with zero attached hydrogens (tertiary/aromatic N) is 5. The molecule has 0 spiro atoms. The molecule has 0 unspecified atom stereocenters. The summed E-state index contributed by atoms with van der Waals surface area (Å²) in [4.78, 5) is 45.2. The van der Waals surface area contributed by atoms with Crippen molar-refractivity contribution in [1.82, 2.24) is 20.0 Å². The molecule has 2 heterocycles. The highest BCUT2D eigenvalue weighted by Gasteiger charge is 2.34. The van der Waals surface area contributed by atoms with Gasteiger partial charge in [-0.15, -0.1) is 0 Å². The van der Waals surface area contributed by atoms with Gasteiger partial charge in [0.1, 0.15) is 18.4 Å². The third-order valence-corrected chi connectivity index (χ3v) is 16.2. The van der Waals surface area contributed by atoms with Crippen molar-refractivity contribution in [1.29, 1.82) is 10.5 Å². The Bertz CT molecular complexity index is 3050. The Labute approximate surface area is 435 Å². The standard InChI is InChI=1S/C26H25Cl2N3O2S.C24H18Cl2N2O3S.C2H7N.CH4/c1-30(2)10-9-19(17-7-8-22(27)23(28)14-17)16-31-11-12-34(33)25-20(15-29)13-18-5-3-4-6-21(18)24(25)26(31)32;25-20-6-5-15(12-21(20)26)17(7-9-29)14-28-8-10-32(31)23-18(13-27)11-16-3-1-2-4-19(16)22(23)24(28)30;1-3-2;/h3-8,13-14,19H,9-12,16H2,1-2H3;1-6,9,11-12,17H,7-8,10,14H2;3H,1-2H3;1H4/t19-,34+;17-,32+;;/m11../s1. The molecule has 0 fully saturated rings. The SMILES string of the molecule is C.CN(C)CC[C@H](CN1CC[S@](=O)c2c(C#N)cc3ccccc3c2C1=O)c1ccc(Cl)c(Cl)c1.CNC.N#Cc1cc2ccccc2c2c1[S@@](=O)CCN(C[C@@H](CC=O)c1ccc(Cl)c(Cl)c1)C2=O. The number of nitrogens with one attached hydrogen (secondary N) is 1. The van der Waals surface area contributed by atoms with E-state index in [1.807, 2.05) is 82.8 Å². The van der Waals surface area contributed by atoms with Gasteiger partial charge in [-0.3, -0.25) is 18.0 Å². The smallest absolute Gasteiger partial charge is 0.255 e. The molecule has 0 radical (unpaired) electrons. The molecule has 70 heavy (non-hydrogen) atoms. The summed E-state index contributed by atoms with van der Waals surface area (Å²) in [5.41, 5.74) is 3.03. The average molecular weight is 1060 g/mol. The molecule has 6 aromatic carbocycles. The fourth-order valence-corrected chi connectivity index (χ4v) is 11.8. The van der Waals surface area contributed by atoms with E-state index in [2.05, 4.69) is 22.4 Å². The van der Waals surface area contributed by atoms with Crippen LogP contribution in [0, 0.1) is 22.7 Å². The molecule has 4 atom stereocenters. The minimum atomic E-state index is -1.50. The molecule has 366 valence electrons. The van der Waals surface area contributed by atoms with E-state index in [4.69, 9.17) is 46.4 Å². The number of hydrogen-bond acceptors (Lipinski definition) is 9. The highest BCUT2D eigenvalue weighted by molar-refractivity contribution is 7.85. The molecule has 0 aliphatic carbocycles. The second kappa shape index (κ2) is 25.8. The maximum atomic E-state index is 13.9. The number of benzene rings is 6. The van der Waals surface area contributed by atoms with E-state index in [1.165, 1.54) is 0 Å². The van der Waals surface area contributed by atoms with Gasteiger partial charge in [0.15, 0.2) is 0 Å². The summed E-state index contributed by atoms with van der Waals surface area (Å²) < 4.78 is 26.3. The number of rotatable bonds is 11. The van der Waals surface area contributed by atoms with Gasteiger partial charge in [0.25, 0.3) is 11.8 Å². The Morgan fingerprint density at radius 2 is 1.09 bits per heavy atom. The maximum Gasteiger partial charge on any atom is 0.255 e. The molecule has 2 amide bonds. The van der Waals surface area contributed by atoms with Crippen molar-refractivity contribution in [2.24, 2.45) is 0 Å². The zero-order valence-corrected chi connectivity index (χ0v) is 43.1. The predicted octanol–water partition coefficient (Wildman–Crippen LogP) is 10.7. The first-order chi connectivity index (χ1) is 33.1. The number of carbonyl (C=O) groups excluding carboxylic acids is 3. The van der Waals surface area contributed by atoms with E-state index < -0.39 is 21.6 Å². The normalized spacial score (nSPS) is 16.2. The average Bonchev–Trinajstić information content (AvgIpc) is 3.55. The van der Waals surface area contributed by atoms with Crippen LogP contribution < -0.4 is 5.32 Å². The Morgan fingerprint density at radius 3 is 1.49 bits per heavy atom. The van der Waals surface area contributed by atoms with Crippen LogP contribution in [0.4, 0.5) is 0 Å². The Morgan fingerprint density at radius 1 is 0.671 bits per heavy atom. The molecule has 0 aromatic heterocycles. The first-order valence-electron chi connectivity index (χ1n) is 22.0. The number of nitriles is 2. The number of aldehydes is 1. The zero-order valence-electron chi connectivity index (χ0n) is 38.4. The molecule has 17 heteroatoms. The van der Waals surface area contributed by atoms with Crippen LogP contribution in [0.25, 0.3) is 21.5 Å². The van der Waals surface area contributed by atoms with Crippen molar-refractivity contribution in [2.75, 3.05) is 72.4 Å². The summed E-state index contributed by atoms with van der Waals surface area (Å²) in [6.45, 7) is 2.12. The lowest BCUT2D eigenvalue weighted by atomic mass is 9.94. The summed E-state index contributed by atoms with van der Waals surface area (Å²) in [5, 5.41) is 26.8. The minimum Gasteiger partial charge on any atom is -0.337 e. The first kappa shape index (κ1) is 55.7. The van der Waals surface area contributed by atoms with E-state index in [0.717, 1.165) is 46.5 Å². The Balaban J connectivity index is 0.000000244. The molecular formula is C53H54Cl4N6O5S2. The van der Waals surface area contributed by atoms with Crippen molar-refractivity contribution >= 4 is 108 Å². The third-order valence-electron chi connectivity index (χ3n) is 11.8. The van der Waals surface area contributed by atoms with Crippen molar-refractivity contribution in [3.63, 3.8) is 0 Å². The fraction of sp³-hybridized carbons (Fsp3) is 0.302. The number of fused-ring (bicyclic) bond motifs is 6. The zero-order chi connectivity index (χ0) is 49.9. The molecule has 11 nitrogen and oxygen atoms in total. The van der Waals surface area contributed by atoms with E-state index in [-0.39, 0.29) is 67.7 Å². The van der Waals surface area contributed by atoms with Crippen molar-refractivity contribution in [2.45, 2.75) is 41.9 Å². The Kier molecular flexibility index (Phi) is 20.5. The van der Waals surface area contributed by atoms with Gasteiger partial charge in [-0.2, -0.15) is 10.5 Å². The molecule has 0 bridgehead atoms. The highest BCUT2D eigenvalue weighted by atomic mass is 35.5. The van der Waals surface area contributed by atoms with Gasteiger partial charge in [0.2, 0.25) is 0 Å². The first-order valence-corrected chi connectivity index (χ1v) is 26.1. The van der Waals surface area contributed by atoms with Gasteiger partial charge in [0.05, 0.1) is 73.7 Å². The summed E-state index contributed by atoms with van der Waals surface area (Å²) in [5.74, 6) is -0.276. The van der Waals surface area contributed by atoms with Crippen LogP contribution >= 0.6 is 46.4 Å². The topological polar surface area (TPSA) is 155 Å². The van der Waals surface area contributed by atoms with Crippen molar-refractivity contribution < 1.29 is 22.8 Å². The van der Waals surface area contributed by atoms with E-state index in [1.54, 1.807) is 52.3 Å². The van der Waals surface area contributed by atoms with E-state index in [0.29, 0.717) is 65.0 Å². The van der Waals surface area contributed by atoms with Crippen LogP contribution in [0.15, 0.2) is 107 Å². The van der Waals surface area contributed by atoms with Gasteiger partial charge < -0.3 is 24.8 Å². The van der Waals surface area contributed by atoms with Gasteiger partial charge in [-0.1, -0.05) is 114 Å². The van der Waals surface area contributed by atoms with Crippen molar-refractivity contribution in [3.8, 4) is 12.1 Å². The maximum absolute atomic E-state index is 13.9. The number of amides is 2. The van der Waals surface area contributed by atoms with Crippen LogP contribution in [-0.2, 0) is 26.4 Å². The van der Waals surface area contributed by atoms with Crippen LogP contribution in [0.5, 0.6) is 0 Å². The summed E-state index contributed by atoms with van der Waals surface area (Å²) >= 11 is 24.6. The molecule has 1 N–H and O–H groups in total. The van der Waals surface area contributed by atoms with Gasteiger partial charge in [0, 0.05) is 55.9 Å². The lowest BCUT2D eigenvalue weighted by Crippen LogP contribution is -2.36. The minimum absolute atomic E-state index is 0. The number of hydrogen-bond donors (Lipinski definition) is 1. The Hall–Kier alpha value is -5.19. The van der Waals surface area contributed by atoms with Gasteiger partial charge >= 0.3 is 0 Å². The summed E-state index contributed by atoms with van der Waals surface area (Å²) in [7, 11) is 4.82. The predicted molar refractivity (Wildman–Crippen MR) is 286 cm³/mol. The molecule has 8 rings (SSSR count). The fourth-order valence-electron chi connectivity index (χ4n) is 8.45. The monoisotopic (exact) mass is 1060 g/mol. The van der Waals surface area contributed by atoms with Crippen LogP contribution in [0.3, 0.4) is 0 Å². The van der Waals surface area contributed by atoms with Crippen LogP contribution in [-0.4, -0.2) is 114 Å². The largest absolute Gasteiger partial charge is 0.337 e. The number of carbonyl (C=O) groups is 3. The second-order valence-corrected chi connectivity index (χ2v) is 21.4. The summed E-state index contributed by atoms with van der Waals surface area (Å²) in [6, 6.07) is 33.1. The van der Waals surface area contributed by atoms with E-state index >= 15 is 0 Å². The molecule has 2 aliphatic rings. The lowest BCUT2D eigenvalue weighted by Gasteiger charge is -2.28. The molecule has 0 saturated heterocycles. The third kappa shape index (κ3) is 12.8. The van der Waals surface area contributed by atoms with Crippen LogP contribution in [0.2, 0.25) is 20.1 Å². The molecule has 6 aromatic rings. The van der Waals surface area contributed by atoms with Gasteiger partial charge in [-0.05, 0) is 110 Å². The number of halogens is 4. The molecule has 0 saturated carbocycles. The van der Waals surface area contributed by atoms with Crippen molar-refractivity contribution in [3.05, 3.63) is 151 Å². The molecular weight excluding hydrogens is 1010 g/mol. The van der Waals surface area contributed by atoms with Gasteiger partial charge in [-0.25, -0.2) is 0 Å². The quantitative estimate of drug-likeness (QED) is 0.125. The lowest BCUT2D eigenvalue weighted by molar-refractivity contribution is -0.108.